The summed E-state index contributed by atoms with van der Waals surface area (Å²) in [6.45, 7) is 1.85. The minimum atomic E-state index is -0.364. The molecule has 0 radical (unpaired) electrons. The molecule has 0 atom stereocenters. The summed E-state index contributed by atoms with van der Waals surface area (Å²) in [4.78, 5) is 26.4. The maximum atomic E-state index is 11.9. The fourth-order valence-corrected chi connectivity index (χ4v) is 2.20. The third kappa shape index (κ3) is 2.69. The van der Waals surface area contributed by atoms with Gasteiger partial charge in [0.25, 0.3) is 0 Å². The van der Waals surface area contributed by atoms with Crippen LogP contribution < -0.4 is 4.90 Å². The van der Waals surface area contributed by atoms with Gasteiger partial charge in [0.1, 0.15) is 6.54 Å². The first kappa shape index (κ1) is 13.4. The first-order valence-electron chi connectivity index (χ1n) is 5.74. The van der Waals surface area contributed by atoms with E-state index in [1.807, 2.05) is 19.1 Å². The number of carbonyl (C=O) groups excluding carboxylic acids is 2. The van der Waals surface area contributed by atoms with Crippen molar-refractivity contribution in [2.75, 3.05) is 24.5 Å². The number of rotatable bonds is 2. The summed E-state index contributed by atoms with van der Waals surface area (Å²) in [5.41, 5.74) is 1.71. The summed E-state index contributed by atoms with van der Waals surface area (Å²) in [6.07, 6.45) is 0. The maximum Gasteiger partial charge on any atom is 0.249 e. The molecule has 0 aromatic heterocycles. The Morgan fingerprint density at radius 3 is 2.53 bits per heavy atom. The molecule has 1 saturated heterocycles. The summed E-state index contributed by atoms with van der Waals surface area (Å²) >= 11 is 5.94. The van der Waals surface area contributed by atoms with Crippen molar-refractivity contribution in [3.8, 4) is 6.07 Å². The average molecular weight is 278 g/mol. The van der Waals surface area contributed by atoms with Crippen LogP contribution >= 0.6 is 11.6 Å². The Labute approximate surface area is 116 Å². The summed E-state index contributed by atoms with van der Waals surface area (Å²) in [6, 6.07) is 7.15. The van der Waals surface area contributed by atoms with Crippen molar-refractivity contribution in [1.82, 2.24) is 4.90 Å². The second-order valence-corrected chi connectivity index (χ2v) is 4.76. The van der Waals surface area contributed by atoms with E-state index >= 15 is 0 Å². The monoisotopic (exact) mass is 277 g/mol. The number of anilines is 1. The molecule has 0 N–H and O–H groups in total. The summed E-state index contributed by atoms with van der Waals surface area (Å²) in [5.74, 6) is -0.727. The van der Waals surface area contributed by atoms with Gasteiger partial charge in [-0.2, -0.15) is 5.26 Å². The SMILES string of the molecule is Cc1ccc(Cl)cc1N1CC(=O)N(CC#N)C(=O)C1. The van der Waals surface area contributed by atoms with Crippen molar-refractivity contribution < 1.29 is 9.59 Å². The number of nitrogens with zero attached hydrogens (tertiary/aromatic N) is 3. The molecule has 0 unspecified atom stereocenters. The first-order valence-corrected chi connectivity index (χ1v) is 6.12. The molecular weight excluding hydrogens is 266 g/mol. The van der Waals surface area contributed by atoms with Gasteiger partial charge in [-0.25, -0.2) is 0 Å². The normalized spacial score (nSPS) is 15.6. The molecule has 98 valence electrons. The van der Waals surface area contributed by atoms with E-state index in [9.17, 15) is 9.59 Å². The van der Waals surface area contributed by atoms with Crippen LogP contribution in [0.2, 0.25) is 5.02 Å². The molecular formula is C13H12ClN3O2. The van der Waals surface area contributed by atoms with E-state index in [1.165, 1.54) is 0 Å². The lowest BCUT2D eigenvalue weighted by molar-refractivity contribution is -0.144. The Morgan fingerprint density at radius 2 is 1.95 bits per heavy atom. The Bertz CT molecular complexity index is 562. The minimum absolute atomic E-state index is 0.0780. The minimum Gasteiger partial charge on any atom is -0.353 e. The largest absolute Gasteiger partial charge is 0.353 e. The number of amides is 2. The molecule has 1 heterocycles. The van der Waals surface area contributed by atoms with Crippen molar-refractivity contribution in [3.63, 3.8) is 0 Å². The van der Waals surface area contributed by atoms with Crippen LogP contribution in [0.5, 0.6) is 0 Å². The summed E-state index contributed by atoms with van der Waals surface area (Å²) < 4.78 is 0. The molecule has 19 heavy (non-hydrogen) atoms. The fourth-order valence-electron chi connectivity index (χ4n) is 2.03. The number of nitriles is 1. The van der Waals surface area contributed by atoms with Gasteiger partial charge in [-0.3, -0.25) is 14.5 Å². The van der Waals surface area contributed by atoms with Crippen molar-refractivity contribution in [1.29, 1.82) is 5.26 Å². The lowest BCUT2D eigenvalue weighted by Crippen LogP contribution is -2.54. The summed E-state index contributed by atoms with van der Waals surface area (Å²) in [5, 5.41) is 9.15. The van der Waals surface area contributed by atoms with E-state index in [0.717, 1.165) is 16.2 Å². The quantitative estimate of drug-likeness (QED) is 0.605. The molecule has 2 amide bonds. The number of hydrogen-bond donors (Lipinski definition) is 0. The topological polar surface area (TPSA) is 64.4 Å². The molecule has 6 heteroatoms. The van der Waals surface area contributed by atoms with E-state index in [2.05, 4.69) is 0 Å². The van der Waals surface area contributed by atoms with Crippen LogP contribution in [0.1, 0.15) is 5.56 Å². The number of piperazine rings is 1. The van der Waals surface area contributed by atoms with Gasteiger partial charge in [-0.15, -0.1) is 0 Å². The predicted molar refractivity (Wildman–Crippen MR) is 70.7 cm³/mol. The number of hydrogen-bond acceptors (Lipinski definition) is 4. The lowest BCUT2D eigenvalue weighted by atomic mass is 10.1. The van der Waals surface area contributed by atoms with Crippen LogP contribution in [-0.4, -0.2) is 36.3 Å². The standard InChI is InChI=1S/C13H12ClN3O2/c1-9-2-3-10(14)6-11(9)16-7-12(18)17(5-4-15)13(19)8-16/h2-3,6H,5,7-8H2,1H3. The number of imide groups is 1. The highest BCUT2D eigenvalue weighted by molar-refractivity contribution is 6.30. The molecule has 0 bridgehead atoms. The van der Waals surface area contributed by atoms with Crippen LogP contribution in [0.15, 0.2) is 18.2 Å². The molecule has 0 saturated carbocycles. The van der Waals surface area contributed by atoms with Crippen molar-refractivity contribution >= 4 is 29.1 Å². The number of halogens is 1. The Balaban J connectivity index is 2.25. The number of carbonyl (C=O) groups is 2. The van der Waals surface area contributed by atoms with Gasteiger partial charge in [0, 0.05) is 10.7 Å². The second kappa shape index (κ2) is 5.29. The van der Waals surface area contributed by atoms with E-state index in [0.29, 0.717) is 5.02 Å². The lowest BCUT2D eigenvalue weighted by Gasteiger charge is -2.33. The van der Waals surface area contributed by atoms with Crippen LogP contribution in [0, 0.1) is 18.3 Å². The Morgan fingerprint density at radius 1 is 1.32 bits per heavy atom. The number of benzene rings is 1. The van der Waals surface area contributed by atoms with Crippen LogP contribution in [0.25, 0.3) is 0 Å². The van der Waals surface area contributed by atoms with Gasteiger partial charge in [0.15, 0.2) is 0 Å². The molecule has 1 aromatic carbocycles. The molecule has 1 fully saturated rings. The maximum absolute atomic E-state index is 11.9. The van der Waals surface area contributed by atoms with Crippen LogP contribution in [-0.2, 0) is 9.59 Å². The van der Waals surface area contributed by atoms with Gasteiger partial charge in [-0.05, 0) is 24.6 Å². The van der Waals surface area contributed by atoms with Gasteiger partial charge >= 0.3 is 0 Å². The van der Waals surface area contributed by atoms with Gasteiger partial charge in [0.05, 0.1) is 19.2 Å². The first-order chi connectivity index (χ1) is 9.02. The van der Waals surface area contributed by atoms with E-state index in [-0.39, 0.29) is 31.4 Å². The van der Waals surface area contributed by atoms with Crippen LogP contribution in [0.4, 0.5) is 5.69 Å². The second-order valence-electron chi connectivity index (χ2n) is 4.32. The van der Waals surface area contributed by atoms with Crippen LogP contribution in [0.3, 0.4) is 0 Å². The highest BCUT2D eigenvalue weighted by Gasteiger charge is 2.31. The zero-order chi connectivity index (χ0) is 14.0. The third-order valence-corrected chi connectivity index (χ3v) is 3.23. The van der Waals surface area contributed by atoms with Gasteiger partial charge < -0.3 is 4.90 Å². The smallest absolute Gasteiger partial charge is 0.249 e. The van der Waals surface area contributed by atoms with Crippen molar-refractivity contribution in [2.45, 2.75) is 6.92 Å². The Kier molecular flexibility index (Phi) is 3.72. The van der Waals surface area contributed by atoms with Gasteiger partial charge in [0.2, 0.25) is 11.8 Å². The molecule has 1 aliphatic heterocycles. The highest BCUT2D eigenvalue weighted by atomic mass is 35.5. The summed E-state index contributed by atoms with van der Waals surface area (Å²) in [7, 11) is 0. The van der Waals surface area contributed by atoms with E-state index < -0.39 is 0 Å². The van der Waals surface area contributed by atoms with E-state index in [4.69, 9.17) is 16.9 Å². The fraction of sp³-hybridized carbons (Fsp3) is 0.308. The highest BCUT2D eigenvalue weighted by Crippen LogP contribution is 2.25. The van der Waals surface area contributed by atoms with E-state index in [1.54, 1.807) is 17.0 Å². The molecule has 5 nitrogen and oxygen atoms in total. The Hall–Kier alpha value is -2.06. The zero-order valence-electron chi connectivity index (χ0n) is 10.4. The number of aryl methyl sites for hydroxylation is 1. The molecule has 0 aliphatic carbocycles. The van der Waals surface area contributed by atoms with Crippen molar-refractivity contribution in [2.24, 2.45) is 0 Å². The molecule has 1 aromatic rings. The molecule has 2 rings (SSSR count). The zero-order valence-corrected chi connectivity index (χ0v) is 11.1. The third-order valence-electron chi connectivity index (χ3n) is 3.00. The molecule has 0 spiro atoms. The van der Waals surface area contributed by atoms with Crippen molar-refractivity contribution in [3.05, 3.63) is 28.8 Å². The molecule has 1 aliphatic rings. The predicted octanol–water partition coefficient (Wildman–Crippen LogP) is 1.35. The van der Waals surface area contributed by atoms with Gasteiger partial charge in [-0.1, -0.05) is 17.7 Å². The average Bonchev–Trinajstić information content (AvgIpc) is 2.36.